The summed E-state index contributed by atoms with van der Waals surface area (Å²) in [4.78, 5) is 30.2. The first-order chi connectivity index (χ1) is 15.3. The molecular weight excluding hydrogens is 463 g/mol. The number of para-hydroxylation sites is 2. The minimum atomic E-state index is -4.66. The number of nitrogens with one attached hydrogen (secondary N) is 1. The van der Waals surface area contributed by atoms with Crippen molar-refractivity contribution >= 4 is 45.9 Å². The molecule has 1 heterocycles. The van der Waals surface area contributed by atoms with Gasteiger partial charge in [-0.25, -0.2) is 4.98 Å². The largest absolute Gasteiger partial charge is 0.418 e. The topological polar surface area (TPSA) is 64.0 Å². The first-order valence-electron chi connectivity index (χ1n) is 10.1. The molecular formula is C22H19ClF3N3O2S. The van der Waals surface area contributed by atoms with Crippen molar-refractivity contribution in [1.82, 2.24) is 9.55 Å². The number of thioether (sulfide) groups is 1. The minimum Gasteiger partial charge on any atom is -0.324 e. The van der Waals surface area contributed by atoms with Crippen molar-refractivity contribution < 1.29 is 18.0 Å². The highest BCUT2D eigenvalue weighted by Gasteiger charge is 2.35. The van der Waals surface area contributed by atoms with E-state index in [0.29, 0.717) is 16.1 Å². The Labute approximate surface area is 191 Å². The summed E-state index contributed by atoms with van der Waals surface area (Å²) in [6.07, 6.45) is -0.978. The van der Waals surface area contributed by atoms with E-state index in [4.69, 9.17) is 11.6 Å². The fraction of sp³-hybridized carbons (Fsp3) is 0.318. The average molecular weight is 482 g/mol. The summed E-state index contributed by atoms with van der Waals surface area (Å²) in [5, 5.41) is 2.95. The Morgan fingerprint density at radius 2 is 1.88 bits per heavy atom. The van der Waals surface area contributed by atoms with Gasteiger partial charge in [-0.3, -0.25) is 14.2 Å². The van der Waals surface area contributed by atoms with Crippen molar-refractivity contribution in [2.75, 3.05) is 11.1 Å². The third-order valence-corrected chi connectivity index (χ3v) is 6.65. The van der Waals surface area contributed by atoms with E-state index < -0.39 is 23.3 Å². The van der Waals surface area contributed by atoms with Gasteiger partial charge in [0, 0.05) is 6.04 Å². The van der Waals surface area contributed by atoms with Crippen molar-refractivity contribution in [3.05, 3.63) is 63.4 Å². The van der Waals surface area contributed by atoms with Crippen LogP contribution in [0.15, 0.2) is 52.4 Å². The van der Waals surface area contributed by atoms with Gasteiger partial charge in [0.15, 0.2) is 5.16 Å². The molecule has 0 saturated heterocycles. The number of carbonyl (C=O) groups excluding carboxylic acids is 1. The van der Waals surface area contributed by atoms with E-state index in [2.05, 4.69) is 10.3 Å². The maximum Gasteiger partial charge on any atom is 0.418 e. The summed E-state index contributed by atoms with van der Waals surface area (Å²) in [7, 11) is 0. The molecule has 1 aliphatic carbocycles. The van der Waals surface area contributed by atoms with Gasteiger partial charge in [0.2, 0.25) is 5.91 Å². The van der Waals surface area contributed by atoms with E-state index in [1.807, 2.05) is 0 Å². The standard InChI is InChI=1S/C22H19ClF3N3O2S/c23-16-10-5-9-15(22(24,25)26)19(16)28-18(30)12-32-21-27-17-11-4-3-8-14(17)20(31)29(21)13-6-1-2-7-13/h3-5,8-11,13H,1-2,6-7,12H2,(H,28,30). The van der Waals surface area contributed by atoms with Crippen LogP contribution in [0.3, 0.4) is 0 Å². The summed E-state index contributed by atoms with van der Waals surface area (Å²) >= 11 is 6.94. The summed E-state index contributed by atoms with van der Waals surface area (Å²) in [6.45, 7) is 0. The molecule has 3 aromatic rings. The van der Waals surface area contributed by atoms with Gasteiger partial charge in [-0.2, -0.15) is 13.2 Å². The second-order valence-corrected chi connectivity index (χ2v) is 8.87. The van der Waals surface area contributed by atoms with Crippen LogP contribution in [0, 0.1) is 0 Å². The number of fused-ring (bicyclic) bond motifs is 1. The fourth-order valence-electron chi connectivity index (χ4n) is 3.90. The van der Waals surface area contributed by atoms with Crippen LogP contribution in [0.1, 0.15) is 37.3 Å². The second-order valence-electron chi connectivity index (χ2n) is 7.52. The third-order valence-electron chi connectivity index (χ3n) is 5.38. The van der Waals surface area contributed by atoms with Gasteiger partial charge >= 0.3 is 6.18 Å². The zero-order chi connectivity index (χ0) is 22.9. The number of aromatic nitrogens is 2. The number of benzene rings is 2. The molecule has 0 aliphatic heterocycles. The number of hydrogen-bond donors (Lipinski definition) is 1. The summed E-state index contributed by atoms with van der Waals surface area (Å²) in [5.74, 6) is -0.894. The predicted octanol–water partition coefficient (Wildman–Crippen LogP) is 5.91. The average Bonchev–Trinajstić information content (AvgIpc) is 3.27. The Kier molecular flexibility index (Phi) is 6.48. The molecule has 0 radical (unpaired) electrons. The maximum absolute atomic E-state index is 13.3. The first-order valence-corrected chi connectivity index (χ1v) is 11.4. The van der Waals surface area contributed by atoms with Crippen LogP contribution >= 0.6 is 23.4 Å². The highest BCUT2D eigenvalue weighted by atomic mass is 35.5. The van der Waals surface area contributed by atoms with Gasteiger partial charge in [-0.1, -0.05) is 54.4 Å². The SMILES string of the molecule is O=C(CSc1nc2ccccc2c(=O)n1C1CCCC1)Nc1c(Cl)cccc1C(F)(F)F. The predicted molar refractivity (Wildman–Crippen MR) is 119 cm³/mol. The van der Waals surface area contributed by atoms with Gasteiger partial charge < -0.3 is 5.32 Å². The quantitative estimate of drug-likeness (QED) is 0.363. The van der Waals surface area contributed by atoms with E-state index >= 15 is 0 Å². The number of nitrogens with zero attached hydrogens (tertiary/aromatic N) is 2. The summed E-state index contributed by atoms with van der Waals surface area (Å²) in [5.41, 5.74) is -1.15. The number of hydrogen-bond acceptors (Lipinski definition) is 4. The van der Waals surface area contributed by atoms with Gasteiger partial charge in [-0.15, -0.1) is 0 Å². The molecule has 168 valence electrons. The van der Waals surface area contributed by atoms with Crippen LogP contribution < -0.4 is 10.9 Å². The molecule has 1 amide bonds. The Morgan fingerprint density at radius 1 is 1.16 bits per heavy atom. The number of alkyl halides is 3. The molecule has 0 spiro atoms. The molecule has 0 bridgehead atoms. The Balaban J connectivity index is 1.61. The van der Waals surface area contributed by atoms with Crippen molar-refractivity contribution in [3.63, 3.8) is 0 Å². The van der Waals surface area contributed by atoms with E-state index in [0.717, 1.165) is 43.5 Å². The maximum atomic E-state index is 13.3. The van der Waals surface area contributed by atoms with E-state index in [1.165, 1.54) is 12.1 Å². The van der Waals surface area contributed by atoms with Crippen LogP contribution in [0.2, 0.25) is 5.02 Å². The molecule has 0 unspecified atom stereocenters. The lowest BCUT2D eigenvalue weighted by atomic mass is 10.1. The minimum absolute atomic E-state index is 0.00873. The number of carbonyl (C=O) groups is 1. The molecule has 5 nitrogen and oxygen atoms in total. The molecule has 4 rings (SSSR count). The normalized spacial score (nSPS) is 14.8. The molecule has 2 aromatic carbocycles. The molecule has 1 fully saturated rings. The van der Waals surface area contributed by atoms with E-state index in [-0.39, 0.29) is 22.4 Å². The lowest BCUT2D eigenvalue weighted by molar-refractivity contribution is -0.137. The number of halogens is 4. The Morgan fingerprint density at radius 3 is 2.59 bits per heavy atom. The monoisotopic (exact) mass is 481 g/mol. The zero-order valence-electron chi connectivity index (χ0n) is 16.8. The Hall–Kier alpha value is -2.52. The van der Waals surface area contributed by atoms with Crippen LogP contribution in [0.25, 0.3) is 10.9 Å². The van der Waals surface area contributed by atoms with Crippen LogP contribution in [-0.2, 0) is 11.0 Å². The molecule has 1 saturated carbocycles. The highest BCUT2D eigenvalue weighted by Crippen LogP contribution is 2.38. The second kappa shape index (κ2) is 9.15. The van der Waals surface area contributed by atoms with Crippen molar-refractivity contribution in [3.8, 4) is 0 Å². The summed E-state index contributed by atoms with van der Waals surface area (Å²) in [6, 6.07) is 10.3. The third kappa shape index (κ3) is 4.63. The van der Waals surface area contributed by atoms with Crippen LogP contribution in [0.5, 0.6) is 0 Å². The summed E-state index contributed by atoms with van der Waals surface area (Å²) < 4.78 is 41.5. The molecule has 0 atom stereocenters. The lowest BCUT2D eigenvalue weighted by Gasteiger charge is -2.19. The smallest absolute Gasteiger partial charge is 0.324 e. The number of amides is 1. The van der Waals surface area contributed by atoms with Crippen LogP contribution in [0.4, 0.5) is 18.9 Å². The fourth-order valence-corrected chi connectivity index (χ4v) is 4.99. The molecule has 1 aromatic heterocycles. The number of rotatable bonds is 5. The van der Waals surface area contributed by atoms with Crippen LogP contribution in [-0.4, -0.2) is 21.2 Å². The lowest BCUT2D eigenvalue weighted by Crippen LogP contribution is -2.27. The van der Waals surface area contributed by atoms with E-state index in [9.17, 15) is 22.8 Å². The van der Waals surface area contributed by atoms with E-state index in [1.54, 1.807) is 28.8 Å². The molecule has 10 heteroatoms. The molecule has 1 N–H and O–H groups in total. The van der Waals surface area contributed by atoms with Crippen molar-refractivity contribution in [1.29, 1.82) is 0 Å². The molecule has 32 heavy (non-hydrogen) atoms. The van der Waals surface area contributed by atoms with Gasteiger partial charge in [0.25, 0.3) is 5.56 Å². The van der Waals surface area contributed by atoms with Gasteiger partial charge in [-0.05, 0) is 37.1 Å². The van der Waals surface area contributed by atoms with Gasteiger partial charge in [0.1, 0.15) is 0 Å². The zero-order valence-corrected chi connectivity index (χ0v) is 18.4. The van der Waals surface area contributed by atoms with Crippen molar-refractivity contribution in [2.24, 2.45) is 0 Å². The Bertz CT molecular complexity index is 1220. The first kappa shape index (κ1) is 22.7. The molecule has 1 aliphatic rings. The highest BCUT2D eigenvalue weighted by molar-refractivity contribution is 7.99. The van der Waals surface area contributed by atoms with Crippen molar-refractivity contribution in [2.45, 2.75) is 43.1 Å². The number of anilines is 1. The van der Waals surface area contributed by atoms with Gasteiger partial charge in [0.05, 0.1) is 32.9 Å².